The second-order valence-electron chi connectivity index (χ2n) is 4.40. The molecule has 1 amide bonds. The summed E-state index contributed by atoms with van der Waals surface area (Å²) in [5.74, 6) is -0.671. The molecule has 0 aliphatic carbocycles. The molecule has 0 fully saturated rings. The Morgan fingerprint density at radius 3 is 2.53 bits per heavy atom. The average Bonchev–Trinajstić information content (AvgIpc) is 2.29. The van der Waals surface area contributed by atoms with Gasteiger partial charge >= 0.3 is 6.09 Å². The maximum absolute atomic E-state index is 13.2. The number of amides is 1. The van der Waals surface area contributed by atoms with Gasteiger partial charge in [0.2, 0.25) is 0 Å². The minimum Gasteiger partial charge on any atom is -0.444 e. The number of aromatic nitrogens is 1. The monoisotopic (exact) mass is 272 g/mol. The van der Waals surface area contributed by atoms with Crippen molar-refractivity contribution in [3.63, 3.8) is 0 Å². The fraction of sp³-hybridized carbons (Fsp3) is 0.538. The first-order valence-electron chi connectivity index (χ1n) is 6.07. The van der Waals surface area contributed by atoms with E-state index in [2.05, 4.69) is 10.3 Å². The molecule has 6 heteroatoms. The molecule has 0 spiro atoms. The summed E-state index contributed by atoms with van der Waals surface area (Å²) < 4.78 is 18.2. The van der Waals surface area contributed by atoms with Crippen LogP contribution in [-0.2, 0) is 11.3 Å². The largest absolute Gasteiger partial charge is 0.444 e. The van der Waals surface area contributed by atoms with Crippen LogP contribution in [0.1, 0.15) is 40.2 Å². The number of nitrogens with one attached hydrogen (secondary N) is 1. The molecule has 0 aromatic carbocycles. The van der Waals surface area contributed by atoms with Crippen LogP contribution in [-0.4, -0.2) is 21.8 Å². The molecular formula is C13H21FN2O3. The first kappa shape index (κ1) is 17.3. The number of aliphatic hydroxyl groups excluding tert-OH is 1. The molecule has 108 valence electrons. The van der Waals surface area contributed by atoms with Crippen molar-refractivity contribution in [2.24, 2.45) is 0 Å². The number of anilines is 1. The van der Waals surface area contributed by atoms with E-state index < -0.39 is 24.1 Å². The van der Waals surface area contributed by atoms with Crippen LogP contribution in [0.15, 0.2) is 12.3 Å². The highest BCUT2D eigenvalue weighted by Crippen LogP contribution is 2.17. The number of nitrogens with zero attached hydrogens (tertiary/aromatic N) is 1. The first-order valence-corrected chi connectivity index (χ1v) is 6.07. The minimum atomic E-state index is -0.745. The number of aliphatic hydroxyl groups is 1. The van der Waals surface area contributed by atoms with Crippen LogP contribution in [0.3, 0.4) is 0 Å². The molecule has 1 heterocycles. The predicted molar refractivity (Wildman–Crippen MR) is 71.3 cm³/mol. The molecule has 5 nitrogen and oxygen atoms in total. The van der Waals surface area contributed by atoms with Crippen molar-refractivity contribution in [1.29, 1.82) is 0 Å². The summed E-state index contributed by atoms with van der Waals surface area (Å²) in [5, 5.41) is 11.3. The average molecular weight is 272 g/mol. The molecule has 0 radical (unpaired) electrons. The van der Waals surface area contributed by atoms with E-state index in [1.807, 2.05) is 13.8 Å². The molecule has 0 aliphatic rings. The van der Waals surface area contributed by atoms with Gasteiger partial charge in [-0.3, -0.25) is 5.32 Å². The topological polar surface area (TPSA) is 71.5 Å². The molecule has 0 aliphatic heterocycles. The Morgan fingerprint density at radius 1 is 1.47 bits per heavy atom. The number of halogens is 1. The van der Waals surface area contributed by atoms with Gasteiger partial charge < -0.3 is 9.84 Å². The Kier molecular flexibility index (Phi) is 7.00. The summed E-state index contributed by atoms with van der Waals surface area (Å²) >= 11 is 0. The van der Waals surface area contributed by atoms with E-state index in [4.69, 9.17) is 9.84 Å². The van der Waals surface area contributed by atoms with Crippen molar-refractivity contribution in [3.8, 4) is 0 Å². The zero-order valence-electron chi connectivity index (χ0n) is 12.0. The van der Waals surface area contributed by atoms with Crippen molar-refractivity contribution >= 4 is 11.9 Å². The highest BCUT2D eigenvalue weighted by Gasteiger charge is 2.18. The minimum absolute atomic E-state index is 0.0400. The highest BCUT2D eigenvalue weighted by atomic mass is 19.1. The Labute approximate surface area is 112 Å². The molecule has 1 aromatic heterocycles. The van der Waals surface area contributed by atoms with E-state index in [9.17, 15) is 9.18 Å². The van der Waals surface area contributed by atoms with Gasteiger partial charge in [-0.2, -0.15) is 0 Å². The van der Waals surface area contributed by atoms with Crippen LogP contribution in [0, 0.1) is 5.82 Å². The molecule has 0 saturated carbocycles. The standard InChI is InChI=1S/C11H15FN2O3.C2H6/c1-11(2,3)17-10(16)14-9-7(6-15)8(12)4-5-13-9;1-2/h4-5,15H,6H2,1-3H3,(H,13,14,16);1-2H3. The summed E-state index contributed by atoms with van der Waals surface area (Å²) in [6.07, 6.45) is 0.451. The highest BCUT2D eigenvalue weighted by molar-refractivity contribution is 5.84. The van der Waals surface area contributed by atoms with Crippen LogP contribution in [0.2, 0.25) is 0 Å². The number of hydrogen-bond donors (Lipinski definition) is 2. The van der Waals surface area contributed by atoms with Crippen molar-refractivity contribution < 1.29 is 19.0 Å². The van der Waals surface area contributed by atoms with Gasteiger partial charge in [-0.1, -0.05) is 13.8 Å². The number of carbonyl (C=O) groups excluding carboxylic acids is 1. The predicted octanol–water partition coefficient (Wildman–Crippen LogP) is 3.09. The normalized spacial score (nSPS) is 10.3. The SMILES string of the molecule is CC.CC(C)(C)OC(=O)Nc1nccc(F)c1CO. The van der Waals surface area contributed by atoms with E-state index in [1.54, 1.807) is 20.8 Å². The Morgan fingerprint density at radius 2 is 2.05 bits per heavy atom. The molecule has 0 atom stereocenters. The van der Waals surface area contributed by atoms with Gasteiger partial charge in [0.25, 0.3) is 0 Å². The van der Waals surface area contributed by atoms with Gasteiger partial charge in [0.1, 0.15) is 17.2 Å². The lowest BCUT2D eigenvalue weighted by molar-refractivity contribution is 0.0635. The Hall–Kier alpha value is -1.69. The molecule has 1 rings (SSSR count). The summed E-state index contributed by atoms with van der Waals surface area (Å²) in [6.45, 7) is 8.57. The molecule has 0 saturated heterocycles. The summed E-state index contributed by atoms with van der Waals surface area (Å²) in [6, 6.07) is 1.10. The van der Waals surface area contributed by atoms with Crippen molar-refractivity contribution in [1.82, 2.24) is 4.98 Å². The fourth-order valence-electron chi connectivity index (χ4n) is 1.13. The number of hydrogen-bond acceptors (Lipinski definition) is 4. The summed E-state index contributed by atoms with van der Waals surface area (Å²) in [5.41, 5.74) is -0.727. The number of carbonyl (C=O) groups is 1. The van der Waals surface area contributed by atoms with Crippen LogP contribution in [0.4, 0.5) is 15.0 Å². The van der Waals surface area contributed by atoms with Crippen molar-refractivity contribution in [2.75, 3.05) is 5.32 Å². The quantitative estimate of drug-likeness (QED) is 0.867. The van der Waals surface area contributed by atoms with Gasteiger partial charge in [-0.25, -0.2) is 14.2 Å². The van der Waals surface area contributed by atoms with Crippen molar-refractivity contribution in [2.45, 2.75) is 46.8 Å². The van der Waals surface area contributed by atoms with E-state index in [0.717, 1.165) is 6.07 Å². The molecule has 0 unspecified atom stereocenters. The molecule has 19 heavy (non-hydrogen) atoms. The van der Waals surface area contributed by atoms with Gasteiger partial charge in [0, 0.05) is 6.20 Å². The van der Waals surface area contributed by atoms with E-state index in [0.29, 0.717) is 0 Å². The third-order valence-electron chi connectivity index (χ3n) is 1.78. The lowest BCUT2D eigenvalue weighted by Gasteiger charge is -2.19. The van der Waals surface area contributed by atoms with Crippen molar-refractivity contribution in [3.05, 3.63) is 23.6 Å². The molecule has 1 aromatic rings. The van der Waals surface area contributed by atoms with E-state index in [1.165, 1.54) is 6.20 Å². The van der Waals surface area contributed by atoms with E-state index in [-0.39, 0.29) is 11.4 Å². The number of rotatable bonds is 2. The lowest BCUT2D eigenvalue weighted by Crippen LogP contribution is -2.28. The van der Waals surface area contributed by atoms with Gasteiger partial charge in [-0.15, -0.1) is 0 Å². The molecule has 2 N–H and O–H groups in total. The molecular weight excluding hydrogens is 251 g/mol. The fourth-order valence-corrected chi connectivity index (χ4v) is 1.13. The van der Waals surface area contributed by atoms with Gasteiger partial charge in [0.05, 0.1) is 12.2 Å². The first-order chi connectivity index (χ1) is 8.83. The zero-order valence-corrected chi connectivity index (χ0v) is 12.0. The van der Waals surface area contributed by atoms with E-state index >= 15 is 0 Å². The van der Waals surface area contributed by atoms with Crippen LogP contribution < -0.4 is 5.32 Å². The van der Waals surface area contributed by atoms with Crippen LogP contribution >= 0.6 is 0 Å². The third kappa shape index (κ3) is 6.15. The Balaban J connectivity index is 0.00000154. The molecule has 0 bridgehead atoms. The second-order valence-corrected chi connectivity index (χ2v) is 4.40. The third-order valence-corrected chi connectivity index (χ3v) is 1.78. The number of pyridine rings is 1. The van der Waals surface area contributed by atoms with Crippen LogP contribution in [0.25, 0.3) is 0 Å². The van der Waals surface area contributed by atoms with Gasteiger partial charge in [-0.05, 0) is 26.8 Å². The van der Waals surface area contributed by atoms with Crippen LogP contribution in [0.5, 0.6) is 0 Å². The smallest absolute Gasteiger partial charge is 0.413 e. The van der Waals surface area contributed by atoms with Gasteiger partial charge in [0.15, 0.2) is 0 Å². The summed E-state index contributed by atoms with van der Waals surface area (Å²) in [4.78, 5) is 15.2. The zero-order chi connectivity index (χ0) is 15.1. The Bertz CT molecular complexity index is 417. The number of ether oxygens (including phenoxy) is 1. The maximum Gasteiger partial charge on any atom is 0.413 e. The second kappa shape index (κ2) is 7.68. The lowest BCUT2D eigenvalue weighted by atomic mass is 10.2. The maximum atomic E-state index is 13.2. The summed E-state index contributed by atoms with van der Waals surface area (Å²) in [7, 11) is 0.